The summed E-state index contributed by atoms with van der Waals surface area (Å²) in [5.74, 6) is 0. The Kier molecular flexibility index (Phi) is 3.60. The van der Waals surface area contributed by atoms with E-state index < -0.39 is 0 Å². The van der Waals surface area contributed by atoms with E-state index in [4.69, 9.17) is 23.2 Å². The van der Waals surface area contributed by atoms with E-state index in [-0.39, 0.29) is 0 Å². The summed E-state index contributed by atoms with van der Waals surface area (Å²) in [6, 6.07) is 5.64. The number of benzene rings is 1. The smallest absolute Gasteiger partial charge is 0.0815 e. The Bertz CT molecular complexity index is 535. The van der Waals surface area contributed by atoms with Crippen molar-refractivity contribution in [1.82, 2.24) is 9.78 Å². The van der Waals surface area contributed by atoms with Gasteiger partial charge >= 0.3 is 0 Å². The first-order valence-corrected chi connectivity index (χ1v) is 6.00. The van der Waals surface area contributed by atoms with Gasteiger partial charge < -0.3 is 5.32 Å². The van der Waals surface area contributed by atoms with Gasteiger partial charge in [0.15, 0.2) is 0 Å². The van der Waals surface area contributed by atoms with Crippen molar-refractivity contribution in [2.75, 3.05) is 5.32 Å². The topological polar surface area (TPSA) is 29.9 Å². The highest BCUT2D eigenvalue weighted by atomic mass is 35.5. The second-order valence-electron chi connectivity index (χ2n) is 3.92. The standard InChI is InChI=1S/C12H13Cl2N3/c1-8-5-11(14)12(6-10(8)13)15-7-9-3-4-17(2)16-9/h3-6,15H,7H2,1-2H3. The van der Waals surface area contributed by atoms with Crippen molar-refractivity contribution < 1.29 is 0 Å². The van der Waals surface area contributed by atoms with Crippen LogP contribution in [0.4, 0.5) is 5.69 Å². The van der Waals surface area contributed by atoms with Crippen molar-refractivity contribution in [2.24, 2.45) is 7.05 Å². The fourth-order valence-electron chi connectivity index (χ4n) is 1.52. The van der Waals surface area contributed by atoms with Gasteiger partial charge in [-0.3, -0.25) is 4.68 Å². The minimum absolute atomic E-state index is 0.625. The van der Waals surface area contributed by atoms with Gasteiger partial charge in [-0.25, -0.2) is 0 Å². The zero-order chi connectivity index (χ0) is 12.4. The first kappa shape index (κ1) is 12.3. The van der Waals surface area contributed by atoms with Crippen LogP contribution < -0.4 is 5.32 Å². The molecule has 0 aliphatic heterocycles. The second kappa shape index (κ2) is 4.98. The van der Waals surface area contributed by atoms with Crippen LogP contribution in [0.15, 0.2) is 24.4 Å². The molecule has 0 amide bonds. The predicted octanol–water partition coefficient (Wildman–Crippen LogP) is 3.65. The number of aromatic nitrogens is 2. The van der Waals surface area contributed by atoms with E-state index in [1.807, 2.05) is 38.4 Å². The molecule has 0 unspecified atom stereocenters. The summed E-state index contributed by atoms with van der Waals surface area (Å²) in [5.41, 5.74) is 2.76. The van der Waals surface area contributed by atoms with E-state index in [0.29, 0.717) is 16.6 Å². The quantitative estimate of drug-likeness (QED) is 0.922. The Hall–Kier alpha value is -1.19. The molecule has 0 radical (unpaired) electrons. The van der Waals surface area contributed by atoms with Crippen LogP contribution in [-0.2, 0) is 13.6 Å². The monoisotopic (exact) mass is 269 g/mol. The van der Waals surface area contributed by atoms with Crippen molar-refractivity contribution in [3.8, 4) is 0 Å². The number of halogens is 2. The van der Waals surface area contributed by atoms with Crippen LogP contribution in [0.25, 0.3) is 0 Å². The summed E-state index contributed by atoms with van der Waals surface area (Å²) in [7, 11) is 1.89. The maximum Gasteiger partial charge on any atom is 0.0815 e. The molecule has 90 valence electrons. The van der Waals surface area contributed by atoms with Crippen LogP contribution >= 0.6 is 23.2 Å². The number of aryl methyl sites for hydroxylation is 2. The number of nitrogens with zero attached hydrogens (tertiary/aromatic N) is 2. The van der Waals surface area contributed by atoms with Gasteiger partial charge in [0.25, 0.3) is 0 Å². The number of nitrogens with one attached hydrogen (secondary N) is 1. The zero-order valence-corrected chi connectivity index (χ0v) is 11.2. The molecule has 3 nitrogen and oxygen atoms in total. The molecule has 1 aromatic heterocycles. The number of anilines is 1. The van der Waals surface area contributed by atoms with E-state index in [9.17, 15) is 0 Å². The lowest BCUT2D eigenvalue weighted by Crippen LogP contribution is -2.02. The van der Waals surface area contributed by atoms with Crippen molar-refractivity contribution in [1.29, 1.82) is 0 Å². The van der Waals surface area contributed by atoms with E-state index in [1.165, 1.54) is 0 Å². The van der Waals surface area contributed by atoms with E-state index in [1.54, 1.807) is 4.68 Å². The first-order chi connectivity index (χ1) is 8.06. The minimum Gasteiger partial charge on any atom is -0.378 e. The van der Waals surface area contributed by atoms with E-state index in [2.05, 4.69) is 10.4 Å². The lowest BCUT2D eigenvalue weighted by Gasteiger charge is -2.09. The lowest BCUT2D eigenvalue weighted by atomic mass is 10.2. The highest BCUT2D eigenvalue weighted by Crippen LogP contribution is 2.28. The summed E-state index contributed by atoms with van der Waals surface area (Å²) < 4.78 is 1.76. The van der Waals surface area contributed by atoms with E-state index in [0.717, 1.165) is 16.9 Å². The SMILES string of the molecule is Cc1cc(Cl)c(NCc2ccn(C)n2)cc1Cl. The third-order valence-corrected chi connectivity index (χ3v) is 3.20. The van der Waals surface area contributed by atoms with Crippen molar-refractivity contribution in [3.63, 3.8) is 0 Å². The maximum atomic E-state index is 6.13. The zero-order valence-electron chi connectivity index (χ0n) is 9.67. The molecule has 0 aliphatic rings. The van der Waals surface area contributed by atoms with Crippen LogP contribution in [-0.4, -0.2) is 9.78 Å². The molecule has 1 heterocycles. The molecule has 0 aliphatic carbocycles. The normalized spacial score (nSPS) is 10.6. The van der Waals surface area contributed by atoms with Crippen molar-refractivity contribution >= 4 is 28.9 Å². The van der Waals surface area contributed by atoms with Crippen LogP contribution in [0.1, 0.15) is 11.3 Å². The fraction of sp³-hybridized carbons (Fsp3) is 0.250. The molecular formula is C12H13Cl2N3. The summed E-state index contributed by atoms with van der Waals surface area (Å²) in [6.45, 7) is 2.55. The Morgan fingerprint density at radius 1 is 1.29 bits per heavy atom. The Morgan fingerprint density at radius 3 is 2.71 bits per heavy atom. The van der Waals surface area contributed by atoms with Gasteiger partial charge in [0.2, 0.25) is 0 Å². The van der Waals surface area contributed by atoms with Gasteiger partial charge in [-0.2, -0.15) is 5.10 Å². The molecule has 0 spiro atoms. The summed E-state index contributed by atoms with van der Waals surface area (Å²) >= 11 is 12.2. The first-order valence-electron chi connectivity index (χ1n) is 5.24. The van der Waals surface area contributed by atoms with Gasteiger partial charge in [-0.15, -0.1) is 0 Å². The number of hydrogen-bond donors (Lipinski definition) is 1. The Morgan fingerprint density at radius 2 is 2.06 bits per heavy atom. The van der Waals surface area contributed by atoms with Crippen LogP contribution in [0, 0.1) is 6.92 Å². The predicted molar refractivity (Wildman–Crippen MR) is 71.7 cm³/mol. The summed E-state index contributed by atoms with van der Waals surface area (Å²) in [4.78, 5) is 0. The van der Waals surface area contributed by atoms with Gasteiger partial charge in [-0.1, -0.05) is 23.2 Å². The molecule has 2 aromatic rings. The molecular weight excluding hydrogens is 257 g/mol. The minimum atomic E-state index is 0.625. The molecule has 5 heteroatoms. The van der Waals surface area contributed by atoms with Gasteiger partial charge in [0.05, 0.1) is 22.9 Å². The number of rotatable bonds is 3. The highest BCUT2D eigenvalue weighted by molar-refractivity contribution is 6.35. The average molecular weight is 270 g/mol. The van der Waals surface area contributed by atoms with Crippen LogP contribution in [0.5, 0.6) is 0 Å². The molecule has 0 atom stereocenters. The molecule has 0 saturated heterocycles. The molecule has 0 fully saturated rings. The van der Waals surface area contributed by atoms with Gasteiger partial charge in [-0.05, 0) is 30.7 Å². The third-order valence-electron chi connectivity index (χ3n) is 2.48. The summed E-state index contributed by atoms with van der Waals surface area (Å²) in [5, 5.41) is 8.87. The molecule has 1 aromatic carbocycles. The second-order valence-corrected chi connectivity index (χ2v) is 4.73. The lowest BCUT2D eigenvalue weighted by molar-refractivity contribution is 0.747. The molecule has 17 heavy (non-hydrogen) atoms. The Balaban J connectivity index is 2.11. The van der Waals surface area contributed by atoms with Crippen molar-refractivity contribution in [3.05, 3.63) is 45.7 Å². The Labute approximate surface area is 110 Å². The van der Waals surface area contributed by atoms with Crippen LogP contribution in [0.2, 0.25) is 10.0 Å². The highest BCUT2D eigenvalue weighted by Gasteiger charge is 2.05. The summed E-state index contributed by atoms with van der Waals surface area (Å²) in [6.07, 6.45) is 1.90. The molecule has 0 bridgehead atoms. The van der Waals surface area contributed by atoms with Gasteiger partial charge in [0, 0.05) is 18.3 Å². The number of hydrogen-bond acceptors (Lipinski definition) is 2. The largest absolute Gasteiger partial charge is 0.378 e. The maximum absolute atomic E-state index is 6.13. The third kappa shape index (κ3) is 2.93. The molecule has 0 saturated carbocycles. The van der Waals surface area contributed by atoms with E-state index >= 15 is 0 Å². The average Bonchev–Trinajstić information content (AvgIpc) is 2.68. The molecule has 1 N–H and O–H groups in total. The van der Waals surface area contributed by atoms with Crippen LogP contribution in [0.3, 0.4) is 0 Å². The fourth-order valence-corrected chi connectivity index (χ4v) is 1.97. The molecule has 2 rings (SSSR count). The van der Waals surface area contributed by atoms with Gasteiger partial charge in [0.1, 0.15) is 0 Å². The van der Waals surface area contributed by atoms with Crippen molar-refractivity contribution in [2.45, 2.75) is 13.5 Å².